The largest absolute Gasteiger partial charge is 0.463 e. The Labute approximate surface area is 87.4 Å². The minimum atomic E-state index is -0.895. The Balaban J connectivity index is 4.36. The summed E-state index contributed by atoms with van der Waals surface area (Å²) < 4.78 is 8.83. The molecule has 5 nitrogen and oxygen atoms in total. The second kappa shape index (κ2) is 6.53. The van der Waals surface area contributed by atoms with E-state index in [1.165, 1.54) is 6.92 Å². The summed E-state index contributed by atoms with van der Waals surface area (Å²) in [6.45, 7) is 6.32. The standard InChI is InChI=1S/C10H12O5/c1-4-8(11)15-10(13)7(3)6-9(12)14-5-2/h4,6H,1,5H2,2-3H3/b7-6-. The van der Waals surface area contributed by atoms with Gasteiger partial charge in [-0.2, -0.15) is 0 Å². The van der Waals surface area contributed by atoms with Gasteiger partial charge in [-0.15, -0.1) is 0 Å². The molecule has 0 unspecified atom stereocenters. The SMILES string of the molecule is C=CC(=O)OC(=O)/C(C)=C\C(=O)OCC. The van der Waals surface area contributed by atoms with Crippen LogP contribution in [0.25, 0.3) is 0 Å². The Hall–Kier alpha value is -1.91. The van der Waals surface area contributed by atoms with Gasteiger partial charge in [-0.25, -0.2) is 14.4 Å². The van der Waals surface area contributed by atoms with Gasteiger partial charge in [-0.1, -0.05) is 6.58 Å². The highest BCUT2D eigenvalue weighted by atomic mass is 16.6. The fourth-order valence-electron chi connectivity index (χ4n) is 0.633. The van der Waals surface area contributed by atoms with Crippen LogP contribution in [0.2, 0.25) is 0 Å². The molecular formula is C10H12O5. The zero-order valence-corrected chi connectivity index (χ0v) is 8.61. The molecule has 0 heterocycles. The van der Waals surface area contributed by atoms with Crippen LogP contribution < -0.4 is 0 Å². The highest BCUT2D eigenvalue weighted by Crippen LogP contribution is 1.98. The van der Waals surface area contributed by atoms with Gasteiger partial charge in [0.25, 0.3) is 0 Å². The van der Waals surface area contributed by atoms with Crippen molar-refractivity contribution in [1.29, 1.82) is 0 Å². The number of ether oxygens (including phenoxy) is 2. The van der Waals surface area contributed by atoms with Gasteiger partial charge in [0.1, 0.15) is 0 Å². The van der Waals surface area contributed by atoms with Crippen LogP contribution in [-0.2, 0) is 23.9 Å². The fraction of sp³-hybridized carbons (Fsp3) is 0.300. The average Bonchev–Trinajstić information content (AvgIpc) is 2.17. The molecule has 0 aliphatic carbocycles. The molecule has 0 spiro atoms. The van der Waals surface area contributed by atoms with Crippen molar-refractivity contribution in [3.8, 4) is 0 Å². The average molecular weight is 212 g/mol. The quantitative estimate of drug-likeness (QED) is 0.390. The van der Waals surface area contributed by atoms with Crippen molar-refractivity contribution in [2.24, 2.45) is 0 Å². The lowest BCUT2D eigenvalue weighted by Gasteiger charge is -2.00. The van der Waals surface area contributed by atoms with Gasteiger partial charge >= 0.3 is 17.9 Å². The van der Waals surface area contributed by atoms with E-state index in [1.807, 2.05) is 0 Å². The van der Waals surface area contributed by atoms with Gasteiger partial charge in [0.15, 0.2) is 0 Å². The molecule has 0 rings (SSSR count). The normalized spacial score (nSPS) is 10.4. The van der Waals surface area contributed by atoms with Crippen molar-refractivity contribution in [2.75, 3.05) is 6.61 Å². The highest BCUT2D eigenvalue weighted by Gasteiger charge is 2.11. The van der Waals surface area contributed by atoms with Crippen LogP contribution >= 0.6 is 0 Å². The molecule has 0 radical (unpaired) electrons. The van der Waals surface area contributed by atoms with E-state index in [9.17, 15) is 14.4 Å². The first-order valence-electron chi connectivity index (χ1n) is 4.24. The van der Waals surface area contributed by atoms with E-state index in [4.69, 9.17) is 0 Å². The van der Waals surface area contributed by atoms with Gasteiger partial charge in [0.05, 0.1) is 6.61 Å². The van der Waals surface area contributed by atoms with E-state index in [0.717, 1.165) is 12.2 Å². The van der Waals surface area contributed by atoms with E-state index in [-0.39, 0.29) is 12.2 Å². The first-order chi connectivity index (χ1) is 7.01. The molecule has 0 saturated heterocycles. The van der Waals surface area contributed by atoms with Gasteiger partial charge in [0, 0.05) is 17.7 Å². The van der Waals surface area contributed by atoms with Crippen LogP contribution in [0.1, 0.15) is 13.8 Å². The number of carbonyl (C=O) groups excluding carboxylic acids is 3. The lowest BCUT2D eigenvalue weighted by Crippen LogP contribution is -2.12. The summed E-state index contributed by atoms with van der Waals surface area (Å²) in [7, 11) is 0. The predicted molar refractivity (Wildman–Crippen MR) is 51.7 cm³/mol. The Morgan fingerprint density at radius 2 is 1.87 bits per heavy atom. The minimum absolute atomic E-state index is 0.0105. The van der Waals surface area contributed by atoms with Crippen LogP contribution in [0.15, 0.2) is 24.3 Å². The molecule has 0 amide bonds. The fourth-order valence-corrected chi connectivity index (χ4v) is 0.633. The molecule has 0 N–H and O–H groups in total. The molecule has 0 aliphatic heterocycles. The highest BCUT2D eigenvalue weighted by molar-refractivity contribution is 6.02. The summed E-state index contributed by atoms with van der Waals surface area (Å²) >= 11 is 0. The molecular weight excluding hydrogens is 200 g/mol. The summed E-state index contributed by atoms with van der Waals surface area (Å²) in [5.74, 6) is -2.41. The summed E-state index contributed by atoms with van der Waals surface area (Å²) in [6.07, 6.45) is 1.82. The van der Waals surface area contributed by atoms with E-state index < -0.39 is 17.9 Å². The molecule has 0 aliphatic rings. The molecule has 82 valence electrons. The summed E-state index contributed by atoms with van der Waals surface area (Å²) in [6, 6.07) is 0. The first kappa shape index (κ1) is 13.1. The van der Waals surface area contributed by atoms with Crippen LogP contribution in [0, 0.1) is 0 Å². The summed E-state index contributed by atoms with van der Waals surface area (Å²) in [5, 5.41) is 0. The number of esters is 3. The second-order valence-corrected chi connectivity index (χ2v) is 2.49. The summed E-state index contributed by atoms with van der Waals surface area (Å²) in [5.41, 5.74) is -0.0105. The number of hydrogen-bond acceptors (Lipinski definition) is 5. The molecule has 5 heteroatoms. The number of rotatable bonds is 4. The third kappa shape index (κ3) is 5.41. The number of hydrogen-bond donors (Lipinski definition) is 0. The Morgan fingerprint density at radius 3 is 2.33 bits per heavy atom. The van der Waals surface area contributed by atoms with Crippen LogP contribution in [0.4, 0.5) is 0 Å². The molecule has 0 aromatic rings. The molecule has 0 aromatic carbocycles. The van der Waals surface area contributed by atoms with Gasteiger partial charge in [-0.3, -0.25) is 0 Å². The Kier molecular flexibility index (Phi) is 5.70. The molecule has 0 saturated carbocycles. The maximum atomic E-state index is 11.1. The third-order valence-corrected chi connectivity index (χ3v) is 1.30. The lowest BCUT2D eigenvalue weighted by molar-refractivity contribution is -0.153. The van der Waals surface area contributed by atoms with E-state index >= 15 is 0 Å². The molecule has 15 heavy (non-hydrogen) atoms. The van der Waals surface area contributed by atoms with E-state index in [0.29, 0.717) is 0 Å². The van der Waals surface area contributed by atoms with Gasteiger partial charge in [0.2, 0.25) is 0 Å². The summed E-state index contributed by atoms with van der Waals surface area (Å²) in [4.78, 5) is 32.6. The zero-order chi connectivity index (χ0) is 11.8. The molecule has 0 fully saturated rings. The van der Waals surface area contributed by atoms with Crippen molar-refractivity contribution in [3.05, 3.63) is 24.3 Å². The maximum Gasteiger partial charge on any atom is 0.341 e. The number of carbonyl (C=O) groups is 3. The minimum Gasteiger partial charge on any atom is -0.463 e. The van der Waals surface area contributed by atoms with Crippen LogP contribution in [-0.4, -0.2) is 24.5 Å². The van der Waals surface area contributed by atoms with Crippen LogP contribution in [0.5, 0.6) is 0 Å². The monoisotopic (exact) mass is 212 g/mol. The van der Waals surface area contributed by atoms with Crippen molar-refractivity contribution in [1.82, 2.24) is 0 Å². The molecule has 0 bridgehead atoms. The Morgan fingerprint density at radius 1 is 1.27 bits per heavy atom. The predicted octanol–water partition coefficient (Wildman–Crippen LogP) is 0.752. The molecule has 0 aromatic heterocycles. The van der Waals surface area contributed by atoms with Gasteiger partial charge in [-0.05, 0) is 13.8 Å². The Bertz CT molecular complexity index is 314. The van der Waals surface area contributed by atoms with E-state index in [2.05, 4.69) is 16.1 Å². The first-order valence-corrected chi connectivity index (χ1v) is 4.24. The van der Waals surface area contributed by atoms with E-state index in [1.54, 1.807) is 6.92 Å². The van der Waals surface area contributed by atoms with Crippen molar-refractivity contribution in [3.63, 3.8) is 0 Å². The lowest BCUT2D eigenvalue weighted by atomic mass is 10.3. The molecule has 0 atom stereocenters. The smallest absolute Gasteiger partial charge is 0.341 e. The maximum absolute atomic E-state index is 11.1. The topological polar surface area (TPSA) is 69.7 Å². The van der Waals surface area contributed by atoms with Crippen molar-refractivity contribution < 1.29 is 23.9 Å². The van der Waals surface area contributed by atoms with Crippen molar-refractivity contribution in [2.45, 2.75) is 13.8 Å². The zero-order valence-electron chi connectivity index (χ0n) is 8.61. The van der Waals surface area contributed by atoms with Crippen LogP contribution in [0.3, 0.4) is 0 Å². The second-order valence-electron chi connectivity index (χ2n) is 2.49. The van der Waals surface area contributed by atoms with Gasteiger partial charge < -0.3 is 9.47 Å². The van der Waals surface area contributed by atoms with Crippen molar-refractivity contribution >= 4 is 17.9 Å². The third-order valence-electron chi connectivity index (χ3n) is 1.30.